The molecule has 0 atom stereocenters. The molecular formula is C14H14N2O6. The second-order valence-electron chi connectivity index (χ2n) is 3.98. The predicted molar refractivity (Wildman–Crippen MR) is 75.2 cm³/mol. The molecule has 0 saturated carbocycles. The third-order valence-electron chi connectivity index (χ3n) is 2.70. The average Bonchev–Trinajstić information content (AvgIpc) is 2.53. The van der Waals surface area contributed by atoms with Crippen LogP contribution in [0.15, 0.2) is 24.3 Å². The quantitative estimate of drug-likeness (QED) is 0.864. The molecule has 0 unspecified atom stereocenters. The van der Waals surface area contributed by atoms with Gasteiger partial charge in [0.05, 0.1) is 27.4 Å². The van der Waals surface area contributed by atoms with Gasteiger partial charge in [-0.2, -0.15) is 9.97 Å². The summed E-state index contributed by atoms with van der Waals surface area (Å²) in [6.45, 7) is 0. The molecule has 0 amide bonds. The van der Waals surface area contributed by atoms with Crippen LogP contribution in [0.1, 0.15) is 10.4 Å². The molecule has 8 nitrogen and oxygen atoms in total. The molecule has 1 aromatic heterocycles. The molecule has 1 aromatic carbocycles. The zero-order valence-corrected chi connectivity index (χ0v) is 12.2. The van der Waals surface area contributed by atoms with Crippen molar-refractivity contribution in [3.63, 3.8) is 0 Å². The third-order valence-corrected chi connectivity index (χ3v) is 2.70. The molecule has 8 heteroatoms. The van der Waals surface area contributed by atoms with Crippen molar-refractivity contribution in [2.75, 3.05) is 21.3 Å². The van der Waals surface area contributed by atoms with Crippen molar-refractivity contribution >= 4 is 5.97 Å². The first-order chi connectivity index (χ1) is 10.6. The van der Waals surface area contributed by atoms with Gasteiger partial charge in [-0.05, 0) is 12.1 Å². The van der Waals surface area contributed by atoms with Gasteiger partial charge in [0, 0.05) is 0 Å². The summed E-state index contributed by atoms with van der Waals surface area (Å²) in [5.74, 6) is -0.535. The SMILES string of the molecule is COc1cc(OC)nc(Oc2cccc(OC)c2C(=O)O)n1. The molecule has 0 bridgehead atoms. The van der Waals surface area contributed by atoms with Crippen molar-refractivity contribution in [3.8, 4) is 29.3 Å². The van der Waals surface area contributed by atoms with Gasteiger partial charge in [0.15, 0.2) is 0 Å². The van der Waals surface area contributed by atoms with Crippen LogP contribution < -0.4 is 18.9 Å². The Hall–Kier alpha value is -3.03. The number of ether oxygens (including phenoxy) is 4. The van der Waals surface area contributed by atoms with Gasteiger partial charge in [-0.15, -0.1) is 0 Å². The smallest absolute Gasteiger partial charge is 0.343 e. The minimum Gasteiger partial charge on any atom is -0.496 e. The number of carboxylic acid groups (broad SMARTS) is 1. The monoisotopic (exact) mass is 306 g/mol. The summed E-state index contributed by atoms with van der Waals surface area (Å²) in [5, 5.41) is 9.31. The molecule has 22 heavy (non-hydrogen) atoms. The molecule has 0 spiro atoms. The van der Waals surface area contributed by atoms with Crippen LogP contribution in [0.2, 0.25) is 0 Å². The van der Waals surface area contributed by atoms with Crippen LogP contribution in [0, 0.1) is 0 Å². The molecule has 1 N–H and O–H groups in total. The summed E-state index contributed by atoms with van der Waals surface area (Å²) >= 11 is 0. The molecule has 0 fully saturated rings. The van der Waals surface area contributed by atoms with Crippen LogP contribution in [0.25, 0.3) is 0 Å². The van der Waals surface area contributed by atoms with Crippen LogP contribution in [-0.2, 0) is 0 Å². The van der Waals surface area contributed by atoms with E-state index < -0.39 is 5.97 Å². The number of hydrogen-bond acceptors (Lipinski definition) is 7. The minimum absolute atomic E-state index is 0.0437. The Bertz CT molecular complexity index is 667. The highest BCUT2D eigenvalue weighted by Gasteiger charge is 2.19. The first-order valence-electron chi connectivity index (χ1n) is 6.14. The van der Waals surface area contributed by atoms with Gasteiger partial charge in [-0.3, -0.25) is 0 Å². The number of aromatic carboxylic acids is 1. The molecule has 0 radical (unpaired) electrons. The van der Waals surface area contributed by atoms with Crippen molar-refractivity contribution < 1.29 is 28.8 Å². The van der Waals surface area contributed by atoms with Crippen LogP contribution in [0.5, 0.6) is 29.3 Å². The van der Waals surface area contributed by atoms with E-state index in [9.17, 15) is 9.90 Å². The number of rotatable bonds is 6. The first-order valence-corrected chi connectivity index (χ1v) is 6.14. The Morgan fingerprint density at radius 2 is 1.59 bits per heavy atom. The second-order valence-corrected chi connectivity index (χ2v) is 3.98. The van der Waals surface area contributed by atoms with Gasteiger partial charge in [0.25, 0.3) is 0 Å². The minimum atomic E-state index is -1.19. The maximum atomic E-state index is 11.4. The highest BCUT2D eigenvalue weighted by Crippen LogP contribution is 2.32. The van der Waals surface area contributed by atoms with Gasteiger partial charge >= 0.3 is 12.0 Å². The molecular weight excluding hydrogens is 292 g/mol. The normalized spacial score (nSPS) is 9.95. The molecule has 0 saturated heterocycles. The van der Waals surface area contributed by atoms with Crippen molar-refractivity contribution in [1.29, 1.82) is 0 Å². The lowest BCUT2D eigenvalue weighted by Gasteiger charge is -2.11. The summed E-state index contributed by atoms with van der Waals surface area (Å²) in [6.07, 6.45) is 0. The van der Waals surface area contributed by atoms with E-state index in [2.05, 4.69) is 9.97 Å². The summed E-state index contributed by atoms with van der Waals surface area (Å²) in [4.78, 5) is 19.4. The van der Waals surface area contributed by atoms with Crippen LogP contribution >= 0.6 is 0 Å². The number of nitrogens with zero attached hydrogens (tertiary/aromatic N) is 2. The van der Waals surface area contributed by atoms with E-state index in [1.165, 1.54) is 39.5 Å². The van der Waals surface area contributed by atoms with E-state index in [4.69, 9.17) is 18.9 Å². The third kappa shape index (κ3) is 3.17. The molecule has 1 heterocycles. The van der Waals surface area contributed by atoms with Crippen molar-refractivity contribution in [1.82, 2.24) is 9.97 Å². The number of carbonyl (C=O) groups is 1. The molecule has 2 aromatic rings. The van der Waals surface area contributed by atoms with Crippen molar-refractivity contribution in [2.24, 2.45) is 0 Å². The molecule has 2 rings (SSSR count). The number of benzene rings is 1. The number of hydrogen-bond donors (Lipinski definition) is 1. The maximum Gasteiger partial charge on any atom is 0.343 e. The highest BCUT2D eigenvalue weighted by atomic mass is 16.5. The highest BCUT2D eigenvalue weighted by molar-refractivity contribution is 5.94. The van der Waals surface area contributed by atoms with Crippen molar-refractivity contribution in [2.45, 2.75) is 0 Å². The summed E-state index contributed by atoms with van der Waals surface area (Å²) in [7, 11) is 4.23. The van der Waals surface area contributed by atoms with E-state index in [0.717, 1.165) is 0 Å². The largest absolute Gasteiger partial charge is 0.496 e. The average molecular weight is 306 g/mol. The lowest BCUT2D eigenvalue weighted by atomic mass is 10.2. The number of carboxylic acids is 1. The summed E-state index contributed by atoms with van der Waals surface area (Å²) < 4.78 is 20.5. The Labute approximate surface area is 126 Å². The lowest BCUT2D eigenvalue weighted by molar-refractivity contribution is 0.0690. The van der Waals surface area contributed by atoms with Gasteiger partial charge in [0.1, 0.15) is 17.1 Å². The van der Waals surface area contributed by atoms with Crippen molar-refractivity contribution in [3.05, 3.63) is 29.8 Å². The maximum absolute atomic E-state index is 11.4. The first kappa shape index (κ1) is 15.4. The van der Waals surface area contributed by atoms with Crippen LogP contribution in [0.3, 0.4) is 0 Å². The van der Waals surface area contributed by atoms with E-state index in [1.54, 1.807) is 6.07 Å². The molecule has 0 aliphatic heterocycles. The van der Waals surface area contributed by atoms with Gasteiger partial charge in [-0.1, -0.05) is 6.07 Å². The van der Waals surface area contributed by atoms with E-state index in [1.807, 2.05) is 0 Å². The van der Waals surface area contributed by atoms with Crippen LogP contribution in [-0.4, -0.2) is 42.4 Å². The van der Waals surface area contributed by atoms with E-state index in [0.29, 0.717) is 0 Å². The number of aromatic nitrogens is 2. The fourth-order valence-electron chi connectivity index (χ4n) is 1.71. The molecule has 0 aliphatic carbocycles. The fraction of sp³-hybridized carbons (Fsp3) is 0.214. The molecule has 116 valence electrons. The van der Waals surface area contributed by atoms with Gasteiger partial charge in [-0.25, -0.2) is 4.79 Å². The Kier molecular flexibility index (Phi) is 4.62. The summed E-state index contributed by atoms with van der Waals surface area (Å²) in [6, 6.07) is 5.95. The molecule has 0 aliphatic rings. The second kappa shape index (κ2) is 6.61. The zero-order valence-electron chi connectivity index (χ0n) is 12.2. The topological polar surface area (TPSA) is 100 Å². The summed E-state index contributed by atoms with van der Waals surface area (Å²) in [5.41, 5.74) is -0.129. The van der Waals surface area contributed by atoms with E-state index >= 15 is 0 Å². The fourth-order valence-corrected chi connectivity index (χ4v) is 1.71. The van der Waals surface area contributed by atoms with Gasteiger partial charge < -0.3 is 24.1 Å². The van der Waals surface area contributed by atoms with Gasteiger partial charge in [0.2, 0.25) is 11.8 Å². The Morgan fingerprint density at radius 1 is 1.00 bits per heavy atom. The van der Waals surface area contributed by atoms with E-state index in [-0.39, 0.29) is 34.8 Å². The van der Waals surface area contributed by atoms with Crippen LogP contribution in [0.4, 0.5) is 0 Å². The standard InChI is InChI=1S/C14H14N2O6/c1-19-8-5-4-6-9(12(8)13(17)18)22-14-15-10(20-2)7-11(16-14)21-3/h4-7H,1-3H3,(H,17,18). The Morgan fingerprint density at radius 3 is 2.09 bits per heavy atom. The zero-order chi connectivity index (χ0) is 16.1. The lowest BCUT2D eigenvalue weighted by Crippen LogP contribution is -2.05. The Balaban J connectivity index is 2.45. The predicted octanol–water partition coefficient (Wildman–Crippen LogP) is 1.99. The number of methoxy groups -OCH3 is 3.